The standard InChI is InChI=1S/C10H13NO3/c1-8(7-14-2)9-5-3-4-6-10(9)11(12)13/h3-6,8H,7H2,1-2H3. The van der Waals surface area contributed by atoms with Crippen molar-refractivity contribution >= 4 is 5.69 Å². The van der Waals surface area contributed by atoms with Gasteiger partial charge in [0.2, 0.25) is 0 Å². The Labute approximate surface area is 82.7 Å². The first kappa shape index (κ1) is 10.7. The highest BCUT2D eigenvalue weighted by Crippen LogP contribution is 2.25. The van der Waals surface area contributed by atoms with Gasteiger partial charge in [-0.1, -0.05) is 25.1 Å². The molecule has 76 valence electrons. The molecule has 1 rings (SSSR count). The molecule has 0 saturated carbocycles. The van der Waals surface area contributed by atoms with Crippen molar-refractivity contribution in [3.05, 3.63) is 39.9 Å². The number of para-hydroxylation sites is 1. The Morgan fingerprint density at radius 1 is 1.50 bits per heavy atom. The van der Waals surface area contributed by atoms with E-state index in [-0.39, 0.29) is 16.5 Å². The highest BCUT2D eigenvalue weighted by Gasteiger charge is 2.17. The van der Waals surface area contributed by atoms with Gasteiger partial charge in [-0.05, 0) is 0 Å². The topological polar surface area (TPSA) is 52.4 Å². The van der Waals surface area contributed by atoms with Gasteiger partial charge in [-0.25, -0.2) is 0 Å². The van der Waals surface area contributed by atoms with Crippen molar-refractivity contribution in [1.82, 2.24) is 0 Å². The second-order valence-electron chi connectivity index (χ2n) is 3.17. The first-order valence-electron chi connectivity index (χ1n) is 4.39. The number of nitro benzene ring substituents is 1. The molecule has 0 aliphatic carbocycles. The van der Waals surface area contributed by atoms with Crippen molar-refractivity contribution in [2.45, 2.75) is 12.8 Å². The largest absolute Gasteiger partial charge is 0.384 e. The van der Waals surface area contributed by atoms with Crippen LogP contribution in [0, 0.1) is 10.1 Å². The number of nitro groups is 1. The zero-order valence-electron chi connectivity index (χ0n) is 8.27. The molecule has 0 aliphatic heterocycles. The van der Waals surface area contributed by atoms with Gasteiger partial charge < -0.3 is 4.74 Å². The normalized spacial score (nSPS) is 12.4. The molecule has 1 unspecified atom stereocenters. The van der Waals surface area contributed by atoms with Gasteiger partial charge >= 0.3 is 0 Å². The summed E-state index contributed by atoms with van der Waals surface area (Å²) in [7, 11) is 1.59. The maximum atomic E-state index is 10.7. The lowest BCUT2D eigenvalue weighted by Crippen LogP contribution is -2.05. The lowest BCUT2D eigenvalue weighted by molar-refractivity contribution is -0.385. The van der Waals surface area contributed by atoms with Gasteiger partial charge in [0.1, 0.15) is 0 Å². The Balaban J connectivity index is 3.00. The van der Waals surface area contributed by atoms with Crippen LogP contribution in [0.4, 0.5) is 5.69 Å². The fraction of sp³-hybridized carbons (Fsp3) is 0.400. The summed E-state index contributed by atoms with van der Waals surface area (Å²) in [6.07, 6.45) is 0. The molecular formula is C10H13NO3. The zero-order valence-corrected chi connectivity index (χ0v) is 8.27. The summed E-state index contributed by atoms with van der Waals surface area (Å²) < 4.78 is 4.97. The Bertz CT molecular complexity index is 325. The van der Waals surface area contributed by atoms with Gasteiger partial charge in [-0.2, -0.15) is 0 Å². The van der Waals surface area contributed by atoms with Crippen molar-refractivity contribution in [2.24, 2.45) is 0 Å². The monoisotopic (exact) mass is 195 g/mol. The van der Waals surface area contributed by atoms with Crippen LogP contribution in [0.5, 0.6) is 0 Å². The average molecular weight is 195 g/mol. The Kier molecular flexibility index (Phi) is 3.59. The molecule has 14 heavy (non-hydrogen) atoms. The number of benzene rings is 1. The first-order chi connectivity index (χ1) is 6.66. The summed E-state index contributed by atoms with van der Waals surface area (Å²) in [5.41, 5.74) is 0.886. The van der Waals surface area contributed by atoms with Gasteiger partial charge in [0.05, 0.1) is 11.5 Å². The van der Waals surface area contributed by atoms with Crippen LogP contribution in [-0.2, 0) is 4.74 Å². The predicted octanol–water partition coefficient (Wildman–Crippen LogP) is 2.34. The van der Waals surface area contributed by atoms with E-state index in [1.165, 1.54) is 6.07 Å². The van der Waals surface area contributed by atoms with Crippen LogP contribution in [0.2, 0.25) is 0 Å². The summed E-state index contributed by atoms with van der Waals surface area (Å²) in [4.78, 5) is 10.3. The molecule has 0 amide bonds. The van der Waals surface area contributed by atoms with E-state index in [2.05, 4.69) is 0 Å². The van der Waals surface area contributed by atoms with Crippen LogP contribution in [0.1, 0.15) is 18.4 Å². The fourth-order valence-corrected chi connectivity index (χ4v) is 1.41. The molecule has 0 heterocycles. The van der Waals surface area contributed by atoms with Crippen LogP contribution in [0.3, 0.4) is 0 Å². The fourth-order valence-electron chi connectivity index (χ4n) is 1.41. The van der Waals surface area contributed by atoms with Crippen LogP contribution in [0.15, 0.2) is 24.3 Å². The molecule has 0 radical (unpaired) electrons. The van der Waals surface area contributed by atoms with E-state index in [0.29, 0.717) is 6.61 Å². The van der Waals surface area contributed by atoms with Crippen LogP contribution in [0.25, 0.3) is 0 Å². The van der Waals surface area contributed by atoms with E-state index < -0.39 is 0 Å². The molecule has 1 aromatic carbocycles. The summed E-state index contributed by atoms with van der Waals surface area (Å²) in [5, 5.41) is 10.7. The molecule has 4 heteroatoms. The van der Waals surface area contributed by atoms with Crippen molar-refractivity contribution in [3.8, 4) is 0 Å². The maximum absolute atomic E-state index is 10.7. The van der Waals surface area contributed by atoms with Crippen molar-refractivity contribution < 1.29 is 9.66 Å². The molecule has 1 atom stereocenters. The minimum atomic E-state index is -0.360. The van der Waals surface area contributed by atoms with Gasteiger partial charge in [-0.15, -0.1) is 0 Å². The summed E-state index contributed by atoms with van der Waals surface area (Å²) in [5.74, 6) is 0.0431. The number of rotatable bonds is 4. The number of ether oxygens (including phenoxy) is 1. The van der Waals surface area contributed by atoms with Crippen LogP contribution < -0.4 is 0 Å². The lowest BCUT2D eigenvalue weighted by Gasteiger charge is -2.10. The van der Waals surface area contributed by atoms with Crippen molar-refractivity contribution in [1.29, 1.82) is 0 Å². The Morgan fingerprint density at radius 2 is 2.14 bits per heavy atom. The second-order valence-corrected chi connectivity index (χ2v) is 3.17. The van der Waals surface area contributed by atoms with Crippen molar-refractivity contribution in [2.75, 3.05) is 13.7 Å². The van der Waals surface area contributed by atoms with E-state index in [4.69, 9.17) is 4.74 Å². The molecule has 0 bridgehead atoms. The van der Waals surface area contributed by atoms with Gasteiger partial charge in [-0.3, -0.25) is 10.1 Å². The smallest absolute Gasteiger partial charge is 0.272 e. The number of nitrogens with zero attached hydrogens (tertiary/aromatic N) is 1. The maximum Gasteiger partial charge on any atom is 0.272 e. The van der Waals surface area contributed by atoms with E-state index in [1.54, 1.807) is 25.3 Å². The molecule has 0 fully saturated rings. The molecule has 0 aliphatic rings. The van der Waals surface area contributed by atoms with E-state index in [0.717, 1.165) is 5.56 Å². The highest BCUT2D eigenvalue weighted by molar-refractivity contribution is 5.42. The van der Waals surface area contributed by atoms with Gasteiger partial charge in [0, 0.05) is 24.7 Å². The van der Waals surface area contributed by atoms with Gasteiger partial charge in [0.15, 0.2) is 0 Å². The lowest BCUT2D eigenvalue weighted by atomic mass is 10.0. The number of hydrogen-bond acceptors (Lipinski definition) is 3. The average Bonchev–Trinajstić information content (AvgIpc) is 2.18. The Hall–Kier alpha value is -1.42. The molecule has 0 saturated heterocycles. The molecule has 0 N–H and O–H groups in total. The third-order valence-electron chi connectivity index (χ3n) is 2.08. The second kappa shape index (κ2) is 4.72. The molecule has 0 aromatic heterocycles. The molecule has 0 spiro atoms. The first-order valence-corrected chi connectivity index (χ1v) is 4.39. The van der Waals surface area contributed by atoms with Gasteiger partial charge in [0.25, 0.3) is 5.69 Å². The van der Waals surface area contributed by atoms with E-state index in [9.17, 15) is 10.1 Å². The van der Waals surface area contributed by atoms with Crippen LogP contribution in [-0.4, -0.2) is 18.6 Å². The van der Waals surface area contributed by atoms with Crippen LogP contribution >= 0.6 is 0 Å². The van der Waals surface area contributed by atoms with E-state index >= 15 is 0 Å². The SMILES string of the molecule is COCC(C)c1ccccc1[N+](=O)[O-]. The minimum Gasteiger partial charge on any atom is -0.384 e. The minimum absolute atomic E-state index is 0.0431. The number of hydrogen-bond donors (Lipinski definition) is 0. The number of methoxy groups -OCH3 is 1. The third kappa shape index (κ3) is 2.29. The van der Waals surface area contributed by atoms with E-state index in [1.807, 2.05) is 6.92 Å². The molecule has 4 nitrogen and oxygen atoms in total. The quantitative estimate of drug-likeness (QED) is 0.547. The highest BCUT2D eigenvalue weighted by atomic mass is 16.6. The summed E-state index contributed by atoms with van der Waals surface area (Å²) in [6, 6.07) is 6.75. The zero-order chi connectivity index (χ0) is 10.6. The molecule has 1 aromatic rings. The predicted molar refractivity (Wildman–Crippen MR) is 53.4 cm³/mol. The summed E-state index contributed by atoms with van der Waals surface area (Å²) in [6.45, 7) is 2.40. The third-order valence-corrected chi connectivity index (χ3v) is 2.08. The molecular weight excluding hydrogens is 182 g/mol. The van der Waals surface area contributed by atoms with Crippen molar-refractivity contribution in [3.63, 3.8) is 0 Å². The Morgan fingerprint density at radius 3 is 2.71 bits per heavy atom. The summed E-state index contributed by atoms with van der Waals surface area (Å²) >= 11 is 0.